The van der Waals surface area contributed by atoms with Gasteiger partial charge in [-0.15, -0.1) is 0 Å². The lowest BCUT2D eigenvalue weighted by Gasteiger charge is -2.17. The highest BCUT2D eigenvalue weighted by Crippen LogP contribution is 2.40. The molecule has 4 rings (SSSR count). The van der Waals surface area contributed by atoms with Gasteiger partial charge in [0, 0.05) is 0 Å². The van der Waals surface area contributed by atoms with Crippen LogP contribution in [0.2, 0.25) is 0 Å². The maximum atomic E-state index is 13.4. The third-order valence-electron chi connectivity index (χ3n) is 6.40. The van der Waals surface area contributed by atoms with Crippen molar-refractivity contribution in [1.82, 2.24) is 0 Å². The number of hydrogen-bond donors (Lipinski definition) is 0. The first-order chi connectivity index (χ1) is 22.1. The summed E-state index contributed by atoms with van der Waals surface area (Å²) in [4.78, 5) is 0. The SMILES string of the molecule is FC(F)(F)c1cc(-c2ccc3c(c2)OCCOCCOCCOc2ccccc2OCCOCCOCCO3)cc(C(F)(F)F)c1. The second-order valence-electron chi connectivity index (χ2n) is 9.75. The van der Waals surface area contributed by atoms with E-state index in [0.717, 1.165) is 0 Å². The van der Waals surface area contributed by atoms with Gasteiger partial charge in [0.1, 0.15) is 26.4 Å². The molecule has 3 aromatic rings. The Kier molecular flexibility index (Phi) is 13.2. The van der Waals surface area contributed by atoms with Crippen molar-refractivity contribution in [3.63, 3.8) is 0 Å². The van der Waals surface area contributed by atoms with Crippen molar-refractivity contribution in [2.45, 2.75) is 12.4 Å². The first-order valence-corrected chi connectivity index (χ1v) is 14.5. The van der Waals surface area contributed by atoms with Crippen LogP contribution in [0.5, 0.6) is 23.0 Å². The van der Waals surface area contributed by atoms with E-state index in [9.17, 15) is 26.3 Å². The standard InChI is InChI=1S/C32H34F6O8/c33-31(34,35)25-19-24(20-26(22-25)32(36,37)38)23-5-6-29-30(21-23)46-18-14-42-10-9-40-12-16-44-28-4-2-1-3-27(28)43-15-11-39-7-8-41-13-17-45-29/h1-6,19-22H,7-18H2. The molecule has 8 nitrogen and oxygen atoms in total. The zero-order valence-corrected chi connectivity index (χ0v) is 24.8. The summed E-state index contributed by atoms with van der Waals surface area (Å²) in [7, 11) is 0. The number of alkyl halides is 6. The lowest BCUT2D eigenvalue weighted by Crippen LogP contribution is -2.15. The summed E-state index contributed by atoms with van der Waals surface area (Å²) in [6.45, 7) is 2.72. The lowest BCUT2D eigenvalue weighted by molar-refractivity contribution is -0.143. The van der Waals surface area contributed by atoms with E-state index in [1.54, 1.807) is 12.1 Å². The molecule has 46 heavy (non-hydrogen) atoms. The molecule has 0 atom stereocenters. The largest absolute Gasteiger partial charge is 0.487 e. The van der Waals surface area contributed by atoms with Gasteiger partial charge < -0.3 is 37.9 Å². The summed E-state index contributed by atoms with van der Waals surface area (Å²) in [6, 6.07) is 12.8. The fraction of sp³-hybridized carbons (Fsp3) is 0.438. The fourth-order valence-electron chi connectivity index (χ4n) is 4.22. The quantitative estimate of drug-likeness (QED) is 0.268. The first kappa shape index (κ1) is 35.1. The molecule has 0 saturated carbocycles. The molecule has 0 radical (unpaired) electrons. The molecule has 0 aromatic heterocycles. The number of hydrogen-bond acceptors (Lipinski definition) is 8. The Morgan fingerprint density at radius 1 is 0.370 bits per heavy atom. The maximum absolute atomic E-state index is 13.4. The predicted molar refractivity (Wildman–Crippen MR) is 154 cm³/mol. The van der Waals surface area contributed by atoms with Crippen molar-refractivity contribution in [2.75, 3.05) is 79.3 Å². The van der Waals surface area contributed by atoms with Crippen molar-refractivity contribution in [2.24, 2.45) is 0 Å². The molecule has 0 unspecified atom stereocenters. The monoisotopic (exact) mass is 660 g/mol. The van der Waals surface area contributed by atoms with Gasteiger partial charge >= 0.3 is 12.4 Å². The van der Waals surface area contributed by atoms with Crippen LogP contribution in [0.4, 0.5) is 26.3 Å². The Morgan fingerprint density at radius 2 is 0.739 bits per heavy atom. The molecule has 252 valence electrons. The molecule has 3 aromatic carbocycles. The van der Waals surface area contributed by atoms with Crippen LogP contribution < -0.4 is 18.9 Å². The number of ether oxygens (including phenoxy) is 8. The zero-order valence-electron chi connectivity index (χ0n) is 24.8. The molecule has 0 N–H and O–H groups in total. The number of fused-ring (bicyclic) bond motifs is 2. The van der Waals surface area contributed by atoms with Gasteiger partial charge in [-0.2, -0.15) is 26.3 Å². The van der Waals surface area contributed by atoms with Gasteiger partial charge in [-0.05, 0) is 53.6 Å². The van der Waals surface area contributed by atoms with Crippen molar-refractivity contribution < 1.29 is 64.2 Å². The Morgan fingerprint density at radius 3 is 1.15 bits per heavy atom. The molecular formula is C32H34F6O8. The molecule has 0 fully saturated rings. The second-order valence-corrected chi connectivity index (χ2v) is 9.75. The van der Waals surface area contributed by atoms with Gasteiger partial charge in [0.05, 0.1) is 64.0 Å². The van der Waals surface area contributed by atoms with Crippen molar-refractivity contribution in [3.05, 3.63) is 71.8 Å². The second kappa shape index (κ2) is 17.3. The molecule has 0 aliphatic carbocycles. The molecule has 1 heterocycles. The van der Waals surface area contributed by atoms with Crippen molar-refractivity contribution in [3.8, 4) is 34.1 Å². The molecule has 1 aliphatic rings. The summed E-state index contributed by atoms with van der Waals surface area (Å²) in [6.07, 6.45) is -9.96. The maximum Gasteiger partial charge on any atom is 0.416 e. The third kappa shape index (κ3) is 11.3. The average Bonchev–Trinajstić information content (AvgIpc) is 3.02. The summed E-state index contributed by atoms with van der Waals surface area (Å²) < 4.78 is 126. The van der Waals surface area contributed by atoms with Gasteiger partial charge in [-0.3, -0.25) is 0 Å². The molecule has 0 spiro atoms. The van der Waals surface area contributed by atoms with E-state index >= 15 is 0 Å². The lowest BCUT2D eigenvalue weighted by atomic mass is 9.98. The van der Waals surface area contributed by atoms with Crippen LogP contribution in [0.1, 0.15) is 11.1 Å². The summed E-state index contributed by atoms with van der Waals surface area (Å²) in [5.74, 6) is 1.50. The van der Waals surface area contributed by atoms with E-state index < -0.39 is 23.5 Å². The highest BCUT2D eigenvalue weighted by Gasteiger charge is 2.37. The molecule has 14 heteroatoms. The Hall–Kier alpha value is -3.72. The minimum atomic E-state index is -4.98. The third-order valence-corrected chi connectivity index (χ3v) is 6.40. The Labute approximate surface area is 262 Å². The average molecular weight is 661 g/mol. The summed E-state index contributed by atoms with van der Waals surface area (Å²) >= 11 is 0. The smallest absolute Gasteiger partial charge is 0.416 e. The van der Waals surface area contributed by atoms with Crippen LogP contribution in [0.25, 0.3) is 11.1 Å². The first-order valence-electron chi connectivity index (χ1n) is 14.5. The van der Waals surface area contributed by atoms with Crippen LogP contribution in [0.15, 0.2) is 60.7 Å². The fourth-order valence-corrected chi connectivity index (χ4v) is 4.22. The van der Waals surface area contributed by atoms with Crippen LogP contribution in [-0.2, 0) is 31.3 Å². The van der Waals surface area contributed by atoms with E-state index in [1.807, 2.05) is 12.1 Å². The topological polar surface area (TPSA) is 73.8 Å². The van der Waals surface area contributed by atoms with Gasteiger partial charge in [0.15, 0.2) is 23.0 Å². The minimum absolute atomic E-state index is 0.0178. The number of halogens is 6. The molecular weight excluding hydrogens is 626 g/mol. The number of para-hydroxylation sites is 2. The van der Waals surface area contributed by atoms with Crippen LogP contribution in [0, 0.1) is 0 Å². The van der Waals surface area contributed by atoms with E-state index in [4.69, 9.17) is 37.9 Å². The molecule has 0 bridgehead atoms. The number of benzene rings is 3. The summed E-state index contributed by atoms with van der Waals surface area (Å²) in [5.41, 5.74) is -3.05. The molecule has 0 amide bonds. The van der Waals surface area contributed by atoms with E-state index in [1.165, 1.54) is 18.2 Å². The van der Waals surface area contributed by atoms with Crippen LogP contribution in [-0.4, -0.2) is 79.3 Å². The van der Waals surface area contributed by atoms with Gasteiger partial charge in [-0.25, -0.2) is 0 Å². The highest BCUT2D eigenvalue weighted by molar-refractivity contribution is 5.69. The number of rotatable bonds is 1. The summed E-state index contributed by atoms with van der Waals surface area (Å²) in [5, 5.41) is 0. The van der Waals surface area contributed by atoms with E-state index in [2.05, 4.69) is 0 Å². The van der Waals surface area contributed by atoms with E-state index in [0.29, 0.717) is 50.1 Å². The highest BCUT2D eigenvalue weighted by atomic mass is 19.4. The molecule has 1 aliphatic heterocycles. The van der Waals surface area contributed by atoms with E-state index in [-0.39, 0.29) is 81.5 Å². The Bertz CT molecular complexity index is 1330. The minimum Gasteiger partial charge on any atom is -0.487 e. The van der Waals surface area contributed by atoms with Crippen LogP contribution in [0.3, 0.4) is 0 Å². The molecule has 0 saturated heterocycles. The Balaban J connectivity index is 1.42. The van der Waals surface area contributed by atoms with Crippen molar-refractivity contribution >= 4 is 0 Å². The zero-order chi connectivity index (χ0) is 32.8. The van der Waals surface area contributed by atoms with Crippen molar-refractivity contribution in [1.29, 1.82) is 0 Å². The van der Waals surface area contributed by atoms with Crippen LogP contribution >= 0.6 is 0 Å². The van der Waals surface area contributed by atoms with Gasteiger partial charge in [0.25, 0.3) is 0 Å². The van der Waals surface area contributed by atoms with Gasteiger partial charge in [0.2, 0.25) is 0 Å². The normalized spacial score (nSPS) is 17.1. The predicted octanol–water partition coefficient (Wildman–Crippen LogP) is 6.69. The van der Waals surface area contributed by atoms with Gasteiger partial charge in [-0.1, -0.05) is 18.2 Å².